The molecule has 0 aliphatic carbocycles. The molecule has 0 aliphatic rings. The highest BCUT2D eigenvalue weighted by Gasteiger charge is 2.04. The predicted molar refractivity (Wildman–Crippen MR) is 67.7 cm³/mol. The second-order valence-electron chi connectivity index (χ2n) is 3.73. The van der Waals surface area contributed by atoms with Crippen molar-refractivity contribution in [2.75, 3.05) is 5.32 Å². The zero-order chi connectivity index (χ0) is 12.3. The number of nitrogens with one attached hydrogen (secondary N) is 1. The van der Waals surface area contributed by atoms with Gasteiger partial charge in [-0.3, -0.25) is 4.98 Å². The molecular formula is C13H12ClFN2. The van der Waals surface area contributed by atoms with Crippen molar-refractivity contribution in [3.8, 4) is 0 Å². The maximum atomic E-state index is 13.5. The summed E-state index contributed by atoms with van der Waals surface area (Å²) in [6, 6.07) is 8.27. The second kappa shape index (κ2) is 5.15. The fourth-order valence-corrected chi connectivity index (χ4v) is 1.74. The van der Waals surface area contributed by atoms with Crippen LogP contribution in [0.4, 0.5) is 10.1 Å². The quantitative estimate of drug-likeness (QED) is 0.896. The molecule has 0 amide bonds. The summed E-state index contributed by atoms with van der Waals surface area (Å²) in [6.45, 7) is 2.29. The minimum atomic E-state index is -0.261. The highest BCUT2D eigenvalue weighted by atomic mass is 35.5. The molecule has 0 radical (unpaired) electrons. The van der Waals surface area contributed by atoms with Crippen LogP contribution in [-0.4, -0.2) is 4.98 Å². The summed E-state index contributed by atoms with van der Waals surface area (Å²) in [5.41, 5.74) is 2.32. The van der Waals surface area contributed by atoms with Crippen molar-refractivity contribution in [1.29, 1.82) is 0 Å². The van der Waals surface area contributed by atoms with Crippen LogP contribution in [0.5, 0.6) is 0 Å². The fraction of sp³-hybridized carbons (Fsp3) is 0.154. The Labute approximate surface area is 104 Å². The summed E-state index contributed by atoms with van der Waals surface area (Å²) in [5, 5.41) is 3.67. The largest absolute Gasteiger partial charge is 0.379 e. The van der Waals surface area contributed by atoms with Gasteiger partial charge in [0.2, 0.25) is 0 Å². The predicted octanol–water partition coefficient (Wildman–Crippen LogP) is 3.79. The third kappa shape index (κ3) is 2.94. The molecular weight excluding hydrogens is 239 g/mol. The van der Waals surface area contributed by atoms with E-state index in [1.165, 1.54) is 12.1 Å². The number of halogens is 2. The molecule has 2 nitrogen and oxygen atoms in total. The van der Waals surface area contributed by atoms with Crippen LogP contribution in [0.2, 0.25) is 5.02 Å². The Hall–Kier alpha value is -1.61. The number of nitrogens with zero attached hydrogens (tertiary/aromatic N) is 1. The molecule has 88 valence electrons. The first-order chi connectivity index (χ1) is 8.16. The molecule has 0 saturated carbocycles. The minimum absolute atomic E-state index is 0.261. The van der Waals surface area contributed by atoms with Crippen LogP contribution in [0.3, 0.4) is 0 Å². The van der Waals surface area contributed by atoms with Gasteiger partial charge in [0.25, 0.3) is 0 Å². The van der Waals surface area contributed by atoms with Crippen LogP contribution >= 0.6 is 11.6 Å². The van der Waals surface area contributed by atoms with Gasteiger partial charge < -0.3 is 5.32 Å². The highest BCUT2D eigenvalue weighted by molar-refractivity contribution is 6.30. The molecule has 0 spiro atoms. The average molecular weight is 251 g/mol. The Balaban J connectivity index is 2.12. The lowest BCUT2D eigenvalue weighted by molar-refractivity contribution is 0.613. The number of anilines is 1. The Kier molecular flexibility index (Phi) is 3.59. The topological polar surface area (TPSA) is 24.9 Å². The van der Waals surface area contributed by atoms with Gasteiger partial charge in [0.1, 0.15) is 5.82 Å². The van der Waals surface area contributed by atoms with E-state index in [0.717, 1.165) is 11.4 Å². The molecule has 1 aromatic carbocycles. The van der Waals surface area contributed by atoms with Gasteiger partial charge in [-0.25, -0.2) is 4.39 Å². The van der Waals surface area contributed by atoms with Crippen molar-refractivity contribution in [3.05, 3.63) is 58.6 Å². The molecule has 2 aromatic rings. The second-order valence-corrected chi connectivity index (χ2v) is 4.16. The van der Waals surface area contributed by atoms with E-state index in [-0.39, 0.29) is 5.82 Å². The van der Waals surface area contributed by atoms with Crippen molar-refractivity contribution in [2.24, 2.45) is 0 Å². The molecule has 0 atom stereocenters. The first-order valence-corrected chi connectivity index (χ1v) is 5.64. The number of hydrogen-bond acceptors (Lipinski definition) is 2. The van der Waals surface area contributed by atoms with Gasteiger partial charge in [0.05, 0.1) is 11.4 Å². The number of aromatic nitrogens is 1. The molecule has 0 aliphatic heterocycles. The third-order valence-electron chi connectivity index (χ3n) is 2.48. The van der Waals surface area contributed by atoms with Crippen molar-refractivity contribution < 1.29 is 4.39 Å². The molecule has 0 bridgehead atoms. The lowest BCUT2D eigenvalue weighted by Crippen LogP contribution is -2.03. The number of hydrogen-bond donors (Lipinski definition) is 1. The summed E-state index contributed by atoms with van der Waals surface area (Å²) < 4.78 is 13.5. The molecule has 0 saturated heterocycles. The van der Waals surface area contributed by atoms with E-state index in [9.17, 15) is 4.39 Å². The van der Waals surface area contributed by atoms with Crippen molar-refractivity contribution in [2.45, 2.75) is 13.5 Å². The molecule has 17 heavy (non-hydrogen) atoms. The normalized spacial score (nSPS) is 10.3. The lowest BCUT2D eigenvalue weighted by atomic mass is 10.2. The van der Waals surface area contributed by atoms with Crippen LogP contribution in [0.25, 0.3) is 0 Å². The highest BCUT2D eigenvalue weighted by Crippen LogP contribution is 2.17. The Morgan fingerprint density at radius 2 is 2.18 bits per heavy atom. The van der Waals surface area contributed by atoms with Crippen molar-refractivity contribution >= 4 is 17.3 Å². The molecule has 1 N–H and O–H groups in total. The van der Waals surface area contributed by atoms with Gasteiger partial charge in [-0.05, 0) is 37.3 Å². The maximum absolute atomic E-state index is 13.5. The molecule has 0 unspecified atom stereocenters. The summed E-state index contributed by atoms with van der Waals surface area (Å²) >= 11 is 5.82. The van der Waals surface area contributed by atoms with Gasteiger partial charge in [0.15, 0.2) is 0 Å². The molecule has 1 aromatic heterocycles. The molecule has 0 fully saturated rings. The molecule has 4 heteroatoms. The summed E-state index contributed by atoms with van der Waals surface area (Å²) in [6.07, 6.45) is 1.72. The van der Waals surface area contributed by atoms with Gasteiger partial charge >= 0.3 is 0 Å². The van der Waals surface area contributed by atoms with E-state index < -0.39 is 0 Å². The van der Waals surface area contributed by atoms with Crippen LogP contribution < -0.4 is 5.32 Å². The van der Waals surface area contributed by atoms with Gasteiger partial charge in [-0.2, -0.15) is 0 Å². The smallest absolute Gasteiger partial charge is 0.128 e. The van der Waals surface area contributed by atoms with Gasteiger partial charge in [-0.15, -0.1) is 0 Å². The van der Waals surface area contributed by atoms with Gasteiger partial charge in [0, 0.05) is 23.3 Å². The Morgan fingerprint density at radius 1 is 1.35 bits per heavy atom. The monoisotopic (exact) mass is 250 g/mol. The number of benzene rings is 1. The van der Waals surface area contributed by atoms with Gasteiger partial charge in [-0.1, -0.05) is 11.6 Å². The summed E-state index contributed by atoms with van der Waals surface area (Å²) in [7, 11) is 0. The number of rotatable bonds is 3. The van der Waals surface area contributed by atoms with Crippen LogP contribution in [0, 0.1) is 12.7 Å². The summed E-state index contributed by atoms with van der Waals surface area (Å²) in [4.78, 5) is 4.15. The maximum Gasteiger partial charge on any atom is 0.128 e. The fourth-order valence-electron chi connectivity index (χ4n) is 1.54. The zero-order valence-corrected chi connectivity index (χ0v) is 10.1. The molecule has 1 heterocycles. The Morgan fingerprint density at radius 3 is 2.94 bits per heavy atom. The molecule has 2 rings (SSSR count). The van der Waals surface area contributed by atoms with E-state index in [4.69, 9.17) is 11.6 Å². The van der Waals surface area contributed by atoms with Crippen LogP contribution in [0.15, 0.2) is 36.5 Å². The van der Waals surface area contributed by atoms with E-state index in [1.54, 1.807) is 12.3 Å². The van der Waals surface area contributed by atoms with Crippen LogP contribution in [0.1, 0.15) is 11.3 Å². The average Bonchev–Trinajstić information content (AvgIpc) is 2.32. The van der Waals surface area contributed by atoms with Crippen molar-refractivity contribution in [1.82, 2.24) is 4.98 Å². The van der Waals surface area contributed by atoms with Crippen molar-refractivity contribution in [3.63, 3.8) is 0 Å². The van der Waals surface area contributed by atoms with E-state index in [1.807, 2.05) is 19.1 Å². The summed E-state index contributed by atoms with van der Waals surface area (Å²) in [5.74, 6) is -0.261. The lowest BCUT2D eigenvalue weighted by Gasteiger charge is -2.09. The van der Waals surface area contributed by atoms with E-state index >= 15 is 0 Å². The number of pyridine rings is 1. The number of aryl methyl sites for hydroxylation is 1. The SMILES string of the molecule is Cc1ncccc1NCc1cc(Cl)ccc1F. The van der Waals surface area contributed by atoms with E-state index in [0.29, 0.717) is 17.1 Å². The van der Waals surface area contributed by atoms with Crippen LogP contribution in [-0.2, 0) is 6.54 Å². The Bertz CT molecular complexity index is 529. The standard InChI is InChI=1S/C13H12ClFN2/c1-9-13(3-2-6-16-9)17-8-10-7-11(14)4-5-12(10)15/h2-7,17H,8H2,1H3. The first kappa shape index (κ1) is 11.9. The third-order valence-corrected chi connectivity index (χ3v) is 2.72. The van der Waals surface area contributed by atoms with E-state index in [2.05, 4.69) is 10.3 Å². The minimum Gasteiger partial charge on any atom is -0.379 e. The zero-order valence-electron chi connectivity index (χ0n) is 9.37. The first-order valence-electron chi connectivity index (χ1n) is 5.26.